The van der Waals surface area contributed by atoms with Gasteiger partial charge in [-0.05, 0) is 66.4 Å². The first kappa shape index (κ1) is 22.5. The van der Waals surface area contributed by atoms with Gasteiger partial charge in [0.15, 0.2) is 7.14 Å². The molecule has 0 saturated heterocycles. The molecule has 0 spiro atoms. The molecule has 6 heteroatoms. The minimum atomic E-state index is -4.52. The second-order valence-corrected chi connectivity index (χ2v) is 10.4. The number of halogens is 2. The molecule has 0 bridgehead atoms. The van der Waals surface area contributed by atoms with E-state index in [1.165, 1.54) is 24.3 Å². The zero-order valence-corrected chi connectivity index (χ0v) is 18.7. The van der Waals surface area contributed by atoms with E-state index in [2.05, 4.69) is 62.4 Å². The monoisotopic (exact) mass is 512 g/mol. The van der Waals surface area contributed by atoms with Gasteiger partial charge in [0.05, 0.1) is 4.90 Å². The van der Waals surface area contributed by atoms with Crippen molar-refractivity contribution in [2.45, 2.75) is 31.6 Å². The van der Waals surface area contributed by atoms with Crippen LogP contribution in [0.3, 0.4) is 0 Å². The van der Waals surface area contributed by atoms with Crippen molar-refractivity contribution in [2.75, 3.05) is 0 Å². The van der Waals surface area contributed by atoms with E-state index in [0.29, 0.717) is 6.07 Å². The summed E-state index contributed by atoms with van der Waals surface area (Å²) in [4.78, 5) is -0.544. The molecular weight excluding hydrogens is 490 g/mol. The van der Waals surface area contributed by atoms with Gasteiger partial charge in [-0.1, -0.05) is 44.2 Å². The number of hydrogen-bond donors (Lipinski definition) is 0. The Morgan fingerprint density at radius 1 is 0.821 bits per heavy atom. The van der Waals surface area contributed by atoms with Crippen LogP contribution in [0.4, 0.5) is 4.39 Å². The lowest BCUT2D eigenvalue weighted by Gasteiger charge is -2.05. The molecule has 0 amide bonds. The van der Waals surface area contributed by atoms with Gasteiger partial charge in [0.25, 0.3) is 0 Å². The summed E-state index contributed by atoms with van der Waals surface area (Å²) in [5.74, 6) is -0.734. The second kappa shape index (κ2) is 10.7. The molecule has 0 fully saturated rings. The van der Waals surface area contributed by atoms with Crippen molar-refractivity contribution in [3.63, 3.8) is 0 Å². The van der Waals surface area contributed by atoms with E-state index in [1.54, 1.807) is 0 Å². The molecule has 3 aromatic rings. The number of benzene rings is 3. The van der Waals surface area contributed by atoms with Crippen molar-refractivity contribution < 1.29 is 38.6 Å². The maximum Gasteiger partial charge on any atom is 0.357 e. The smallest absolute Gasteiger partial charge is 0.357 e. The molecular formula is C22H22FIO3S. The van der Waals surface area contributed by atoms with Gasteiger partial charge >= 0.3 is 21.2 Å². The van der Waals surface area contributed by atoms with Gasteiger partial charge in [-0.15, -0.1) is 0 Å². The SMILES string of the molecule is CCc1ccc([I+]c2ccc(CC)cc2)cc1.O=S(=O)([O-])c1cccc(F)c1. The van der Waals surface area contributed by atoms with Crippen LogP contribution in [-0.2, 0) is 23.0 Å². The van der Waals surface area contributed by atoms with Crippen LogP contribution in [0.1, 0.15) is 25.0 Å². The lowest BCUT2D eigenvalue weighted by atomic mass is 10.2. The average Bonchev–Trinajstić information content (AvgIpc) is 2.69. The Morgan fingerprint density at radius 3 is 1.61 bits per heavy atom. The summed E-state index contributed by atoms with van der Waals surface area (Å²) in [6, 6.07) is 22.2. The van der Waals surface area contributed by atoms with Crippen LogP contribution in [0.2, 0.25) is 0 Å². The topological polar surface area (TPSA) is 57.2 Å². The summed E-state index contributed by atoms with van der Waals surface area (Å²) in [6.45, 7) is 4.40. The number of rotatable bonds is 5. The summed E-state index contributed by atoms with van der Waals surface area (Å²) < 4.78 is 46.1. The average molecular weight is 512 g/mol. The van der Waals surface area contributed by atoms with Gasteiger partial charge < -0.3 is 4.55 Å². The van der Waals surface area contributed by atoms with Crippen molar-refractivity contribution in [1.82, 2.24) is 0 Å². The van der Waals surface area contributed by atoms with Crippen molar-refractivity contribution in [3.8, 4) is 0 Å². The maximum atomic E-state index is 12.3. The molecule has 0 radical (unpaired) electrons. The Hall–Kier alpha value is -1.77. The molecule has 28 heavy (non-hydrogen) atoms. The van der Waals surface area contributed by atoms with E-state index >= 15 is 0 Å². The van der Waals surface area contributed by atoms with Crippen LogP contribution in [0.25, 0.3) is 0 Å². The predicted octanol–water partition coefficient (Wildman–Crippen LogP) is 1.67. The Morgan fingerprint density at radius 2 is 1.29 bits per heavy atom. The van der Waals surface area contributed by atoms with E-state index in [1.807, 2.05) is 0 Å². The highest BCUT2D eigenvalue weighted by Gasteiger charge is 2.14. The number of aryl methyl sites for hydroxylation is 2. The van der Waals surface area contributed by atoms with Gasteiger partial charge in [0, 0.05) is 0 Å². The van der Waals surface area contributed by atoms with Crippen LogP contribution >= 0.6 is 0 Å². The summed E-state index contributed by atoms with van der Waals surface area (Å²) >= 11 is -0.00746. The molecule has 0 heterocycles. The third-order valence-electron chi connectivity index (χ3n) is 3.95. The van der Waals surface area contributed by atoms with E-state index < -0.39 is 20.8 Å². The lowest BCUT2D eigenvalue weighted by Crippen LogP contribution is -3.61. The highest BCUT2D eigenvalue weighted by Crippen LogP contribution is 2.08. The standard InChI is InChI=1S/C16H18I.C6H5FO3S/c1-3-13-5-9-15(10-6-13)17-16-11-7-14(4-2)8-12-16;7-5-2-1-3-6(4-5)11(8,9)10/h5-12H,3-4H2,1-2H3;1-4H,(H,8,9,10)/q+1;/p-1. The Bertz CT molecular complexity index is 940. The molecule has 0 saturated carbocycles. The van der Waals surface area contributed by atoms with Gasteiger partial charge in [0.2, 0.25) is 0 Å². The second-order valence-electron chi connectivity index (χ2n) is 5.97. The molecule has 0 unspecified atom stereocenters. The maximum absolute atomic E-state index is 12.3. The molecule has 3 aromatic carbocycles. The molecule has 3 rings (SSSR count). The molecule has 0 aromatic heterocycles. The van der Waals surface area contributed by atoms with E-state index in [9.17, 15) is 17.4 Å². The van der Waals surface area contributed by atoms with Gasteiger partial charge in [0.1, 0.15) is 15.9 Å². The summed E-state index contributed by atoms with van der Waals surface area (Å²) in [5, 5.41) is 0. The van der Waals surface area contributed by atoms with Crippen molar-refractivity contribution in [3.05, 3.63) is 96.9 Å². The first-order valence-electron chi connectivity index (χ1n) is 8.86. The number of hydrogen-bond acceptors (Lipinski definition) is 3. The van der Waals surface area contributed by atoms with Crippen LogP contribution < -0.4 is 21.2 Å². The van der Waals surface area contributed by atoms with Crippen LogP contribution in [0.5, 0.6) is 0 Å². The van der Waals surface area contributed by atoms with Crippen molar-refractivity contribution >= 4 is 10.1 Å². The third kappa shape index (κ3) is 7.33. The molecule has 0 aliphatic carbocycles. The lowest BCUT2D eigenvalue weighted by molar-refractivity contribution is -0.597. The van der Waals surface area contributed by atoms with E-state index in [-0.39, 0.29) is 21.2 Å². The molecule has 0 N–H and O–H groups in total. The van der Waals surface area contributed by atoms with Crippen LogP contribution in [0, 0.1) is 13.0 Å². The normalized spacial score (nSPS) is 10.9. The highest BCUT2D eigenvalue weighted by atomic mass is 127. The molecule has 148 valence electrons. The molecule has 0 aliphatic rings. The Kier molecular flexibility index (Phi) is 8.59. The Balaban J connectivity index is 0.000000221. The van der Waals surface area contributed by atoms with E-state index in [4.69, 9.17) is 0 Å². The molecule has 0 atom stereocenters. The zero-order chi connectivity index (χ0) is 20.6. The predicted molar refractivity (Wildman–Crippen MR) is 103 cm³/mol. The minimum absolute atomic E-state index is 0.00746. The Labute approximate surface area is 176 Å². The summed E-state index contributed by atoms with van der Waals surface area (Å²) in [7, 11) is -4.52. The first-order valence-corrected chi connectivity index (χ1v) is 12.4. The fourth-order valence-electron chi connectivity index (χ4n) is 2.31. The zero-order valence-electron chi connectivity index (χ0n) is 15.7. The van der Waals surface area contributed by atoms with Crippen LogP contribution in [0.15, 0.2) is 77.7 Å². The highest BCUT2D eigenvalue weighted by molar-refractivity contribution is 7.85. The minimum Gasteiger partial charge on any atom is -0.744 e. The molecule has 3 nitrogen and oxygen atoms in total. The van der Waals surface area contributed by atoms with Gasteiger partial charge in [-0.2, -0.15) is 0 Å². The van der Waals surface area contributed by atoms with Crippen molar-refractivity contribution in [1.29, 1.82) is 0 Å². The fraction of sp³-hybridized carbons (Fsp3) is 0.182. The fourth-order valence-corrected chi connectivity index (χ4v) is 4.97. The first-order chi connectivity index (χ1) is 13.3. The summed E-state index contributed by atoms with van der Waals surface area (Å²) in [5.41, 5.74) is 2.86. The van der Waals surface area contributed by atoms with E-state index in [0.717, 1.165) is 25.0 Å². The largest absolute Gasteiger partial charge is 0.744 e. The van der Waals surface area contributed by atoms with Crippen LogP contribution in [-0.4, -0.2) is 13.0 Å². The van der Waals surface area contributed by atoms with Gasteiger partial charge in [-0.25, -0.2) is 12.8 Å². The van der Waals surface area contributed by atoms with Gasteiger partial charge in [-0.3, -0.25) is 0 Å². The molecule has 0 aliphatic heterocycles. The third-order valence-corrected chi connectivity index (χ3v) is 7.46. The quantitative estimate of drug-likeness (QED) is 0.386. The summed E-state index contributed by atoms with van der Waals surface area (Å²) in [6.07, 6.45) is 2.26. The van der Waals surface area contributed by atoms with Crippen molar-refractivity contribution in [2.24, 2.45) is 0 Å².